The summed E-state index contributed by atoms with van der Waals surface area (Å²) >= 11 is 0. The van der Waals surface area contributed by atoms with Gasteiger partial charge in [-0.05, 0) is 13.8 Å². The molecule has 0 radical (unpaired) electrons. The van der Waals surface area contributed by atoms with Crippen molar-refractivity contribution in [3.05, 3.63) is 24.3 Å². The molecule has 0 saturated heterocycles. The third kappa shape index (κ3) is 3.38. The molecule has 1 aromatic rings. The Labute approximate surface area is 88.4 Å². The Hall–Kier alpha value is -1.33. The first kappa shape index (κ1) is 11.7. The van der Waals surface area contributed by atoms with Crippen molar-refractivity contribution in [1.29, 1.82) is 0 Å². The van der Waals surface area contributed by atoms with Crippen LogP contribution in [-0.4, -0.2) is 35.3 Å². The largest absolute Gasteiger partial charge is 0.346 e. The summed E-state index contributed by atoms with van der Waals surface area (Å²) in [6.07, 6.45) is 3.49. The molecule has 0 aliphatic rings. The van der Waals surface area contributed by atoms with E-state index in [1.165, 1.54) is 18.6 Å². The summed E-state index contributed by atoms with van der Waals surface area (Å²) in [7, 11) is 0. The van der Waals surface area contributed by atoms with Gasteiger partial charge in [-0.2, -0.15) is 0 Å². The average molecular weight is 210 g/mol. The van der Waals surface area contributed by atoms with E-state index in [9.17, 15) is 4.79 Å². The van der Waals surface area contributed by atoms with E-state index in [1.54, 1.807) is 13.8 Å². The van der Waals surface area contributed by atoms with Gasteiger partial charge in [0.25, 0.3) is 0 Å². The second-order valence-electron chi connectivity index (χ2n) is 2.70. The normalized spacial score (nSPS) is 10.6. The number of ketones is 1. The molecule has 82 valence electrons. The minimum Gasteiger partial charge on any atom is -0.346 e. The van der Waals surface area contributed by atoms with Crippen LogP contribution < -0.4 is 0 Å². The van der Waals surface area contributed by atoms with E-state index in [-0.39, 0.29) is 11.5 Å². The number of hydrogen-bond acceptors (Lipinski definition) is 5. The van der Waals surface area contributed by atoms with E-state index in [4.69, 9.17) is 9.47 Å². The molecule has 0 bridgehead atoms. The summed E-state index contributed by atoms with van der Waals surface area (Å²) in [5.74, 6) is -0.299. The maximum absolute atomic E-state index is 11.8. The fraction of sp³-hybridized carbons (Fsp3) is 0.500. The summed E-state index contributed by atoms with van der Waals surface area (Å²) in [5.41, 5.74) is 0.254. The maximum Gasteiger partial charge on any atom is 0.238 e. The van der Waals surface area contributed by atoms with Crippen molar-refractivity contribution in [1.82, 2.24) is 9.97 Å². The zero-order valence-electron chi connectivity index (χ0n) is 8.84. The Morgan fingerprint density at radius 1 is 1.33 bits per heavy atom. The second-order valence-corrected chi connectivity index (χ2v) is 2.70. The summed E-state index contributed by atoms with van der Waals surface area (Å²) in [5, 5.41) is 0. The Morgan fingerprint density at radius 2 is 2.00 bits per heavy atom. The predicted molar refractivity (Wildman–Crippen MR) is 53.4 cm³/mol. The van der Waals surface area contributed by atoms with Crippen LogP contribution in [0.1, 0.15) is 24.3 Å². The number of hydrogen-bond donors (Lipinski definition) is 0. The number of rotatable bonds is 6. The molecule has 1 heterocycles. The molecule has 0 aromatic carbocycles. The van der Waals surface area contributed by atoms with Crippen LogP contribution in [0.2, 0.25) is 0 Å². The van der Waals surface area contributed by atoms with Crippen molar-refractivity contribution in [3.8, 4) is 0 Å². The molecular formula is C10H14N2O3. The van der Waals surface area contributed by atoms with Gasteiger partial charge in [-0.3, -0.25) is 9.78 Å². The van der Waals surface area contributed by atoms with Crippen LogP contribution in [0.25, 0.3) is 0 Å². The number of carbonyl (C=O) groups excluding carboxylic acids is 1. The van der Waals surface area contributed by atoms with Gasteiger partial charge in [0.2, 0.25) is 12.1 Å². The van der Waals surface area contributed by atoms with Crippen LogP contribution in [-0.2, 0) is 9.47 Å². The highest BCUT2D eigenvalue weighted by Crippen LogP contribution is 2.04. The molecule has 0 atom stereocenters. The third-order valence-electron chi connectivity index (χ3n) is 1.67. The lowest BCUT2D eigenvalue weighted by molar-refractivity contribution is -0.107. The molecule has 0 aliphatic heterocycles. The zero-order valence-corrected chi connectivity index (χ0v) is 8.84. The standard InChI is InChI=1S/C10H14N2O3/c1-3-14-10(15-4-2)9(13)8-7-11-5-6-12-8/h5-7,10H,3-4H2,1-2H3. The van der Waals surface area contributed by atoms with Crippen molar-refractivity contribution in [2.75, 3.05) is 13.2 Å². The van der Waals surface area contributed by atoms with E-state index in [0.717, 1.165) is 0 Å². The van der Waals surface area contributed by atoms with Crippen LogP contribution in [0.4, 0.5) is 0 Å². The molecule has 1 aromatic heterocycles. The lowest BCUT2D eigenvalue weighted by Gasteiger charge is -2.14. The molecule has 0 aliphatic carbocycles. The molecule has 5 heteroatoms. The van der Waals surface area contributed by atoms with Crippen LogP contribution in [0.3, 0.4) is 0 Å². The Kier molecular flexibility index (Phi) is 4.86. The summed E-state index contributed by atoms with van der Waals surface area (Å²) < 4.78 is 10.3. The highest BCUT2D eigenvalue weighted by atomic mass is 16.7. The van der Waals surface area contributed by atoms with Gasteiger partial charge in [-0.15, -0.1) is 0 Å². The third-order valence-corrected chi connectivity index (χ3v) is 1.67. The number of carbonyl (C=O) groups is 1. The van der Waals surface area contributed by atoms with Crippen LogP contribution in [0.15, 0.2) is 18.6 Å². The van der Waals surface area contributed by atoms with Gasteiger partial charge in [-0.25, -0.2) is 4.98 Å². The highest BCUT2D eigenvalue weighted by molar-refractivity contribution is 5.96. The number of aromatic nitrogens is 2. The summed E-state index contributed by atoms with van der Waals surface area (Å²) in [6.45, 7) is 4.43. The van der Waals surface area contributed by atoms with E-state index in [2.05, 4.69) is 9.97 Å². The van der Waals surface area contributed by atoms with Gasteiger partial charge in [0.1, 0.15) is 5.69 Å². The summed E-state index contributed by atoms with van der Waals surface area (Å²) in [6, 6.07) is 0. The molecule has 15 heavy (non-hydrogen) atoms. The average Bonchev–Trinajstić information content (AvgIpc) is 2.29. The van der Waals surface area contributed by atoms with Gasteiger partial charge in [0.15, 0.2) is 0 Å². The van der Waals surface area contributed by atoms with Crippen molar-refractivity contribution in [3.63, 3.8) is 0 Å². The van der Waals surface area contributed by atoms with Gasteiger partial charge in [-0.1, -0.05) is 0 Å². The minimum atomic E-state index is -0.878. The number of nitrogens with zero attached hydrogens (tertiary/aromatic N) is 2. The SMILES string of the molecule is CCOC(OCC)C(=O)c1cnccn1. The quantitative estimate of drug-likeness (QED) is 0.519. The molecule has 0 fully saturated rings. The van der Waals surface area contributed by atoms with Crippen molar-refractivity contribution in [2.45, 2.75) is 20.1 Å². The topological polar surface area (TPSA) is 61.3 Å². The van der Waals surface area contributed by atoms with Gasteiger partial charge in [0.05, 0.1) is 6.20 Å². The Balaban J connectivity index is 2.71. The first-order valence-corrected chi connectivity index (χ1v) is 4.83. The minimum absolute atomic E-state index is 0.254. The van der Waals surface area contributed by atoms with Gasteiger partial charge in [0, 0.05) is 25.6 Å². The molecule has 0 amide bonds. The Bertz CT molecular complexity index is 297. The zero-order chi connectivity index (χ0) is 11.1. The van der Waals surface area contributed by atoms with Crippen molar-refractivity contribution in [2.24, 2.45) is 0 Å². The van der Waals surface area contributed by atoms with Crippen molar-refractivity contribution < 1.29 is 14.3 Å². The van der Waals surface area contributed by atoms with E-state index in [0.29, 0.717) is 13.2 Å². The first-order valence-electron chi connectivity index (χ1n) is 4.83. The monoisotopic (exact) mass is 210 g/mol. The first-order chi connectivity index (χ1) is 7.29. The molecule has 1 rings (SSSR count). The fourth-order valence-corrected chi connectivity index (χ4v) is 1.05. The fourth-order valence-electron chi connectivity index (χ4n) is 1.05. The molecule has 0 N–H and O–H groups in total. The lowest BCUT2D eigenvalue weighted by atomic mass is 10.3. The Morgan fingerprint density at radius 3 is 2.47 bits per heavy atom. The van der Waals surface area contributed by atoms with Crippen molar-refractivity contribution >= 4 is 5.78 Å². The van der Waals surface area contributed by atoms with E-state index in [1.807, 2.05) is 0 Å². The molecule has 0 spiro atoms. The van der Waals surface area contributed by atoms with Crippen LogP contribution in [0, 0.1) is 0 Å². The maximum atomic E-state index is 11.8. The summed E-state index contributed by atoms with van der Waals surface area (Å²) in [4.78, 5) is 19.5. The van der Waals surface area contributed by atoms with Gasteiger partial charge >= 0.3 is 0 Å². The number of Topliss-reactive ketones (excluding diaryl/α,β-unsaturated/α-hetero) is 1. The number of ether oxygens (including phenoxy) is 2. The van der Waals surface area contributed by atoms with E-state index >= 15 is 0 Å². The van der Waals surface area contributed by atoms with E-state index < -0.39 is 6.29 Å². The predicted octanol–water partition coefficient (Wildman–Crippen LogP) is 1.06. The second kappa shape index (κ2) is 6.21. The highest BCUT2D eigenvalue weighted by Gasteiger charge is 2.21. The van der Waals surface area contributed by atoms with Crippen LogP contribution >= 0.6 is 0 Å². The molecule has 0 saturated carbocycles. The molecular weight excluding hydrogens is 196 g/mol. The lowest BCUT2D eigenvalue weighted by Crippen LogP contribution is -2.28. The smallest absolute Gasteiger partial charge is 0.238 e. The molecule has 5 nitrogen and oxygen atoms in total. The molecule has 0 unspecified atom stereocenters. The van der Waals surface area contributed by atoms with Crippen LogP contribution in [0.5, 0.6) is 0 Å². The van der Waals surface area contributed by atoms with Gasteiger partial charge < -0.3 is 9.47 Å².